The smallest absolute Gasteiger partial charge is 0.317 e. The Morgan fingerprint density at radius 1 is 1.28 bits per heavy atom. The standard InChI is InChI=1S/C18H26N2O5/c1-3-8-20(12-17(21)22)13(2)18(23)19-7-6-14-4-5-15-16(11-14)25-10-9-24-15/h4-5,11,13H,3,6-10,12H2,1-2H3,(H,19,23)(H,21,22). The molecule has 7 heteroatoms. The van der Waals surface area contributed by atoms with Gasteiger partial charge in [0.25, 0.3) is 0 Å². The summed E-state index contributed by atoms with van der Waals surface area (Å²) in [5.74, 6) is 0.396. The van der Waals surface area contributed by atoms with Crippen LogP contribution in [-0.4, -0.2) is 60.8 Å². The number of benzene rings is 1. The number of ether oxygens (including phenoxy) is 2. The predicted octanol–water partition coefficient (Wildman–Crippen LogP) is 1.30. The average Bonchev–Trinajstić information content (AvgIpc) is 2.60. The third-order valence-electron chi connectivity index (χ3n) is 4.10. The summed E-state index contributed by atoms with van der Waals surface area (Å²) in [5, 5.41) is 11.8. The number of hydrogen-bond donors (Lipinski definition) is 2. The van der Waals surface area contributed by atoms with Crippen LogP contribution in [0.2, 0.25) is 0 Å². The van der Waals surface area contributed by atoms with E-state index in [1.165, 1.54) is 0 Å². The number of carbonyl (C=O) groups excluding carboxylic acids is 1. The minimum atomic E-state index is -0.927. The van der Waals surface area contributed by atoms with E-state index in [9.17, 15) is 9.59 Å². The van der Waals surface area contributed by atoms with E-state index in [4.69, 9.17) is 14.6 Å². The molecule has 2 rings (SSSR count). The number of carbonyl (C=O) groups is 2. The van der Waals surface area contributed by atoms with Crippen molar-refractivity contribution >= 4 is 11.9 Å². The average molecular weight is 350 g/mol. The zero-order chi connectivity index (χ0) is 18.2. The monoisotopic (exact) mass is 350 g/mol. The molecule has 0 saturated carbocycles. The van der Waals surface area contributed by atoms with Gasteiger partial charge >= 0.3 is 5.97 Å². The Bertz CT molecular complexity index is 605. The van der Waals surface area contributed by atoms with Crippen molar-refractivity contribution in [1.82, 2.24) is 10.2 Å². The second-order valence-corrected chi connectivity index (χ2v) is 6.06. The fourth-order valence-corrected chi connectivity index (χ4v) is 2.76. The van der Waals surface area contributed by atoms with Crippen LogP contribution in [-0.2, 0) is 16.0 Å². The van der Waals surface area contributed by atoms with Gasteiger partial charge in [-0.05, 0) is 44.0 Å². The van der Waals surface area contributed by atoms with Crippen molar-refractivity contribution in [3.63, 3.8) is 0 Å². The lowest BCUT2D eigenvalue weighted by Crippen LogP contribution is -2.47. The zero-order valence-electron chi connectivity index (χ0n) is 14.8. The zero-order valence-corrected chi connectivity index (χ0v) is 14.8. The summed E-state index contributed by atoms with van der Waals surface area (Å²) >= 11 is 0. The van der Waals surface area contributed by atoms with Crippen LogP contribution in [0.15, 0.2) is 18.2 Å². The first-order chi connectivity index (χ1) is 12.0. The Hall–Kier alpha value is -2.28. The van der Waals surface area contributed by atoms with E-state index in [1.807, 2.05) is 25.1 Å². The molecule has 1 aliphatic heterocycles. The molecule has 1 atom stereocenters. The van der Waals surface area contributed by atoms with Crippen molar-refractivity contribution in [1.29, 1.82) is 0 Å². The molecule has 0 spiro atoms. The molecule has 138 valence electrons. The molecule has 0 bridgehead atoms. The number of nitrogens with one attached hydrogen (secondary N) is 1. The molecule has 1 aromatic rings. The largest absolute Gasteiger partial charge is 0.486 e. The molecule has 1 unspecified atom stereocenters. The van der Waals surface area contributed by atoms with E-state index in [-0.39, 0.29) is 12.5 Å². The molecule has 1 aromatic carbocycles. The number of hydrogen-bond acceptors (Lipinski definition) is 5. The summed E-state index contributed by atoms with van der Waals surface area (Å²) in [7, 11) is 0. The first-order valence-corrected chi connectivity index (χ1v) is 8.63. The molecule has 25 heavy (non-hydrogen) atoms. The van der Waals surface area contributed by atoms with Crippen molar-refractivity contribution in [2.24, 2.45) is 0 Å². The van der Waals surface area contributed by atoms with Crippen molar-refractivity contribution < 1.29 is 24.2 Å². The minimum absolute atomic E-state index is 0.134. The molecular formula is C18H26N2O5. The third kappa shape index (κ3) is 5.63. The summed E-state index contributed by atoms with van der Waals surface area (Å²) in [4.78, 5) is 24.9. The number of nitrogens with zero attached hydrogens (tertiary/aromatic N) is 1. The number of rotatable bonds is 9. The van der Waals surface area contributed by atoms with E-state index in [0.717, 1.165) is 23.5 Å². The van der Waals surface area contributed by atoms with Crippen molar-refractivity contribution in [2.45, 2.75) is 32.7 Å². The number of carboxylic acids is 1. The summed E-state index contributed by atoms with van der Waals surface area (Å²) in [6.07, 6.45) is 1.46. The lowest BCUT2D eigenvalue weighted by Gasteiger charge is -2.26. The molecule has 1 aliphatic rings. The number of amides is 1. The molecule has 0 radical (unpaired) electrons. The second kappa shape index (κ2) is 9.27. The summed E-state index contributed by atoms with van der Waals surface area (Å²) in [6.45, 7) is 5.72. The van der Waals surface area contributed by atoms with Gasteiger partial charge in [0.1, 0.15) is 13.2 Å². The first kappa shape index (κ1) is 19.1. The molecule has 7 nitrogen and oxygen atoms in total. The van der Waals surface area contributed by atoms with Gasteiger partial charge in [-0.1, -0.05) is 13.0 Å². The van der Waals surface area contributed by atoms with E-state index < -0.39 is 12.0 Å². The van der Waals surface area contributed by atoms with Gasteiger partial charge in [0, 0.05) is 6.54 Å². The molecule has 1 heterocycles. The second-order valence-electron chi connectivity index (χ2n) is 6.06. The van der Waals surface area contributed by atoms with Crippen molar-refractivity contribution in [3.8, 4) is 11.5 Å². The van der Waals surface area contributed by atoms with Crippen LogP contribution >= 0.6 is 0 Å². The Kier molecular flexibility index (Phi) is 7.06. The maximum Gasteiger partial charge on any atom is 0.317 e. The maximum atomic E-state index is 12.3. The Labute approximate surface area is 147 Å². The molecule has 0 aromatic heterocycles. The van der Waals surface area contributed by atoms with Crippen LogP contribution in [0.3, 0.4) is 0 Å². The van der Waals surface area contributed by atoms with Crippen LogP contribution in [0.5, 0.6) is 11.5 Å². The van der Waals surface area contributed by atoms with Gasteiger partial charge in [0.15, 0.2) is 11.5 Å². The van der Waals surface area contributed by atoms with Gasteiger partial charge in [-0.2, -0.15) is 0 Å². The highest BCUT2D eigenvalue weighted by Gasteiger charge is 2.22. The lowest BCUT2D eigenvalue weighted by atomic mass is 10.1. The van der Waals surface area contributed by atoms with Crippen molar-refractivity contribution in [2.75, 3.05) is 32.8 Å². The highest BCUT2D eigenvalue weighted by Crippen LogP contribution is 2.30. The van der Waals surface area contributed by atoms with Crippen LogP contribution in [0.1, 0.15) is 25.8 Å². The van der Waals surface area contributed by atoms with Crippen molar-refractivity contribution in [3.05, 3.63) is 23.8 Å². The Balaban J connectivity index is 1.83. The van der Waals surface area contributed by atoms with Crippen LogP contribution in [0.4, 0.5) is 0 Å². The Morgan fingerprint density at radius 2 is 2.00 bits per heavy atom. The number of fused-ring (bicyclic) bond motifs is 1. The highest BCUT2D eigenvalue weighted by atomic mass is 16.6. The quantitative estimate of drug-likeness (QED) is 0.698. The van der Waals surface area contributed by atoms with E-state index >= 15 is 0 Å². The normalized spacial score (nSPS) is 14.2. The topological polar surface area (TPSA) is 88.1 Å². The summed E-state index contributed by atoms with van der Waals surface area (Å²) in [6, 6.07) is 5.29. The SMILES string of the molecule is CCCN(CC(=O)O)C(C)C(=O)NCCc1ccc2c(c1)OCCO2. The molecule has 0 aliphatic carbocycles. The first-order valence-electron chi connectivity index (χ1n) is 8.63. The van der Waals surface area contributed by atoms with Gasteiger partial charge < -0.3 is 19.9 Å². The Morgan fingerprint density at radius 3 is 2.68 bits per heavy atom. The molecule has 0 fully saturated rings. The van der Waals surface area contributed by atoms with Crippen LogP contribution in [0.25, 0.3) is 0 Å². The van der Waals surface area contributed by atoms with Gasteiger partial charge in [-0.3, -0.25) is 14.5 Å². The predicted molar refractivity (Wildman–Crippen MR) is 93.1 cm³/mol. The highest BCUT2D eigenvalue weighted by molar-refractivity contribution is 5.82. The number of carboxylic acid groups (broad SMARTS) is 1. The van der Waals surface area contributed by atoms with E-state index in [1.54, 1.807) is 11.8 Å². The molecule has 1 amide bonds. The van der Waals surface area contributed by atoms with Crippen LogP contribution < -0.4 is 14.8 Å². The molecular weight excluding hydrogens is 324 g/mol. The van der Waals surface area contributed by atoms with E-state index in [0.29, 0.717) is 32.7 Å². The minimum Gasteiger partial charge on any atom is -0.486 e. The van der Waals surface area contributed by atoms with Gasteiger partial charge in [-0.25, -0.2) is 0 Å². The number of aliphatic carboxylic acids is 1. The third-order valence-corrected chi connectivity index (χ3v) is 4.10. The van der Waals surface area contributed by atoms with Gasteiger partial charge in [-0.15, -0.1) is 0 Å². The van der Waals surface area contributed by atoms with Gasteiger partial charge in [0.2, 0.25) is 5.91 Å². The van der Waals surface area contributed by atoms with Crippen LogP contribution in [0, 0.1) is 0 Å². The molecule has 0 saturated heterocycles. The molecule has 2 N–H and O–H groups in total. The lowest BCUT2D eigenvalue weighted by molar-refractivity contribution is -0.139. The van der Waals surface area contributed by atoms with Gasteiger partial charge in [0.05, 0.1) is 12.6 Å². The van der Waals surface area contributed by atoms with E-state index in [2.05, 4.69) is 5.32 Å². The maximum absolute atomic E-state index is 12.3. The summed E-state index contributed by atoms with van der Waals surface area (Å²) < 4.78 is 11.0. The fraction of sp³-hybridized carbons (Fsp3) is 0.556. The fourth-order valence-electron chi connectivity index (χ4n) is 2.76. The summed E-state index contributed by atoms with van der Waals surface area (Å²) in [5.41, 5.74) is 1.05.